The standard InChI is InChI=1S/C16H23ClN2O3/c1-10(2)13-9-19(15(20)22-16(3,4)5)8-11-12(21-13)6-7-14(17)18-11/h6-7,10,13H,8-9H2,1-5H3. The molecule has 0 spiro atoms. The van der Waals surface area contributed by atoms with E-state index in [1.165, 1.54) is 0 Å². The third kappa shape index (κ3) is 4.26. The molecule has 1 atom stereocenters. The van der Waals surface area contributed by atoms with Crippen LogP contribution in [0.1, 0.15) is 40.3 Å². The van der Waals surface area contributed by atoms with Gasteiger partial charge in [0.1, 0.15) is 28.3 Å². The van der Waals surface area contributed by atoms with Crippen LogP contribution in [-0.4, -0.2) is 34.2 Å². The first-order valence-electron chi connectivity index (χ1n) is 7.45. The van der Waals surface area contributed by atoms with Crippen LogP contribution >= 0.6 is 11.6 Å². The molecule has 0 saturated heterocycles. The number of aromatic nitrogens is 1. The first kappa shape index (κ1) is 16.9. The number of pyridine rings is 1. The molecule has 22 heavy (non-hydrogen) atoms. The summed E-state index contributed by atoms with van der Waals surface area (Å²) in [6, 6.07) is 3.50. The lowest BCUT2D eigenvalue weighted by Crippen LogP contribution is -2.42. The Morgan fingerprint density at radius 1 is 1.45 bits per heavy atom. The SMILES string of the molecule is CC(C)C1CN(C(=O)OC(C)(C)C)Cc2nc(Cl)ccc2O1. The second kappa shape index (κ2) is 6.32. The highest BCUT2D eigenvalue weighted by Gasteiger charge is 2.31. The summed E-state index contributed by atoms with van der Waals surface area (Å²) in [6.45, 7) is 10.5. The molecule has 0 radical (unpaired) electrons. The molecular formula is C16H23ClN2O3. The fourth-order valence-corrected chi connectivity index (χ4v) is 2.32. The van der Waals surface area contributed by atoms with Crippen molar-refractivity contribution in [2.75, 3.05) is 6.54 Å². The smallest absolute Gasteiger partial charge is 0.410 e. The van der Waals surface area contributed by atoms with Gasteiger partial charge in [0.15, 0.2) is 0 Å². The number of amides is 1. The Morgan fingerprint density at radius 3 is 2.73 bits per heavy atom. The maximum Gasteiger partial charge on any atom is 0.410 e. The fraction of sp³-hybridized carbons (Fsp3) is 0.625. The summed E-state index contributed by atoms with van der Waals surface area (Å²) in [6.07, 6.45) is -0.479. The van der Waals surface area contributed by atoms with Crippen molar-refractivity contribution in [3.63, 3.8) is 0 Å². The van der Waals surface area contributed by atoms with E-state index in [4.69, 9.17) is 21.1 Å². The average Bonchev–Trinajstić information content (AvgIpc) is 2.55. The van der Waals surface area contributed by atoms with Gasteiger partial charge in [0.2, 0.25) is 0 Å². The number of carbonyl (C=O) groups excluding carboxylic acids is 1. The van der Waals surface area contributed by atoms with E-state index >= 15 is 0 Å². The molecule has 6 heteroatoms. The van der Waals surface area contributed by atoms with Gasteiger partial charge in [0, 0.05) is 0 Å². The highest BCUT2D eigenvalue weighted by atomic mass is 35.5. The zero-order valence-electron chi connectivity index (χ0n) is 13.7. The van der Waals surface area contributed by atoms with Crippen LogP contribution in [0.3, 0.4) is 0 Å². The summed E-state index contributed by atoms with van der Waals surface area (Å²) < 4.78 is 11.5. The van der Waals surface area contributed by atoms with E-state index in [1.807, 2.05) is 20.8 Å². The lowest BCUT2D eigenvalue weighted by Gasteiger charge is -2.28. The zero-order valence-corrected chi connectivity index (χ0v) is 14.5. The van der Waals surface area contributed by atoms with E-state index in [1.54, 1.807) is 17.0 Å². The molecule has 0 N–H and O–H groups in total. The molecule has 0 aromatic carbocycles. The van der Waals surface area contributed by atoms with Gasteiger partial charge in [0.05, 0.1) is 13.1 Å². The molecule has 1 aliphatic rings. The third-order valence-corrected chi connectivity index (χ3v) is 3.52. The van der Waals surface area contributed by atoms with Gasteiger partial charge in [-0.15, -0.1) is 0 Å². The van der Waals surface area contributed by atoms with Crippen molar-refractivity contribution in [1.82, 2.24) is 9.88 Å². The lowest BCUT2D eigenvalue weighted by atomic mass is 10.1. The van der Waals surface area contributed by atoms with Crippen LogP contribution in [0.4, 0.5) is 4.79 Å². The topological polar surface area (TPSA) is 51.7 Å². The fourth-order valence-electron chi connectivity index (χ4n) is 2.16. The maximum absolute atomic E-state index is 12.4. The number of hydrogen-bond donors (Lipinski definition) is 0. The summed E-state index contributed by atoms with van der Waals surface area (Å²) in [7, 11) is 0. The van der Waals surface area contributed by atoms with Crippen LogP contribution < -0.4 is 4.74 Å². The predicted octanol–water partition coefficient (Wildman–Crippen LogP) is 3.89. The maximum atomic E-state index is 12.4. The first-order chi connectivity index (χ1) is 10.2. The molecule has 0 saturated carbocycles. The molecule has 1 aromatic rings. The number of nitrogens with zero attached hydrogens (tertiary/aromatic N) is 2. The Hall–Kier alpha value is -1.49. The molecule has 122 valence electrons. The number of hydrogen-bond acceptors (Lipinski definition) is 4. The van der Waals surface area contributed by atoms with Gasteiger partial charge in [-0.25, -0.2) is 9.78 Å². The minimum Gasteiger partial charge on any atom is -0.486 e. The third-order valence-electron chi connectivity index (χ3n) is 3.31. The van der Waals surface area contributed by atoms with E-state index in [-0.39, 0.29) is 18.1 Å². The normalized spacial score (nSPS) is 18.5. The van der Waals surface area contributed by atoms with Crippen molar-refractivity contribution in [2.24, 2.45) is 5.92 Å². The van der Waals surface area contributed by atoms with E-state index in [9.17, 15) is 4.79 Å². The molecule has 1 unspecified atom stereocenters. The molecule has 5 nitrogen and oxygen atoms in total. The van der Waals surface area contributed by atoms with E-state index in [2.05, 4.69) is 18.8 Å². The predicted molar refractivity (Wildman–Crippen MR) is 85.1 cm³/mol. The van der Waals surface area contributed by atoms with Gasteiger partial charge >= 0.3 is 6.09 Å². The monoisotopic (exact) mass is 326 g/mol. The second-order valence-corrected chi connectivity index (χ2v) is 7.23. The summed E-state index contributed by atoms with van der Waals surface area (Å²) >= 11 is 5.96. The Labute approximate surface area is 136 Å². The van der Waals surface area contributed by atoms with Crippen molar-refractivity contribution < 1.29 is 14.3 Å². The number of fused-ring (bicyclic) bond motifs is 1. The number of ether oxygens (including phenoxy) is 2. The average molecular weight is 327 g/mol. The van der Waals surface area contributed by atoms with E-state index in [0.717, 1.165) is 0 Å². The highest BCUT2D eigenvalue weighted by molar-refractivity contribution is 6.29. The summed E-state index contributed by atoms with van der Waals surface area (Å²) in [5.74, 6) is 0.931. The molecule has 1 aromatic heterocycles. The molecule has 0 aliphatic carbocycles. The van der Waals surface area contributed by atoms with Crippen molar-refractivity contribution >= 4 is 17.7 Å². The minimum atomic E-state index is -0.540. The largest absolute Gasteiger partial charge is 0.486 e. The van der Waals surface area contributed by atoms with Gasteiger partial charge in [-0.3, -0.25) is 4.90 Å². The zero-order chi connectivity index (χ0) is 16.5. The Kier molecular flexibility index (Phi) is 4.85. The van der Waals surface area contributed by atoms with Crippen molar-refractivity contribution in [1.29, 1.82) is 0 Å². The van der Waals surface area contributed by atoms with Crippen LogP contribution in [0.5, 0.6) is 5.75 Å². The van der Waals surface area contributed by atoms with Crippen molar-refractivity contribution in [2.45, 2.75) is 52.9 Å². The van der Waals surface area contributed by atoms with Crippen LogP contribution in [0.25, 0.3) is 0 Å². The number of rotatable bonds is 1. The second-order valence-electron chi connectivity index (χ2n) is 6.84. The Bertz CT molecular complexity index is 555. The number of halogens is 1. The van der Waals surface area contributed by atoms with Crippen LogP contribution in [0.2, 0.25) is 5.15 Å². The highest BCUT2D eigenvalue weighted by Crippen LogP contribution is 2.28. The quantitative estimate of drug-likeness (QED) is 0.735. The molecule has 0 fully saturated rings. The van der Waals surface area contributed by atoms with Gasteiger partial charge in [-0.05, 0) is 38.8 Å². The molecule has 1 amide bonds. The van der Waals surface area contributed by atoms with Crippen LogP contribution in [0.15, 0.2) is 12.1 Å². The van der Waals surface area contributed by atoms with Gasteiger partial charge < -0.3 is 9.47 Å². The molecule has 2 rings (SSSR count). The van der Waals surface area contributed by atoms with Gasteiger partial charge in [-0.2, -0.15) is 0 Å². The Balaban J connectivity index is 2.29. The van der Waals surface area contributed by atoms with Gasteiger partial charge in [0.25, 0.3) is 0 Å². The van der Waals surface area contributed by atoms with E-state index < -0.39 is 5.60 Å². The molecular weight excluding hydrogens is 304 g/mol. The summed E-state index contributed by atoms with van der Waals surface area (Å²) in [4.78, 5) is 18.3. The van der Waals surface area contributed by atoms with Crippen molar-refractivity contribution in [3.05, 3.63) is 23.0 Å². The van der Waals surface area contributed by atoms with Crippen LogP contribution in [0, 0.1) is 5.92 Å². The van der Waals surface area contributed by atoms with Crippen LogP contribution in [-0.2, 0) is 11.3 Å². The summed E-state index contributed by atoms with van der Waals surface area (Å²) in [5, 5.41) is 0.384. The molecule has 1 aliphatic heterocycles. The number of carbonyl (C=O) groups is 1. The van der Waals surface area contributed by atoms with Gasteiger partial charge in [-0.1, -0.05) is 25.4 Å². The molecule has 2 heterocycles. The molecule has 0 bridgehead atoms. The minimum absolute atomic E-state index is 0.114. The Morgan fingerprint density at radius 2 is 2.14 bits per heavy atom. The first-order valence-corrected chi connectivity index (χ1v) is 7.83. The lowest BCUT2D eigenvalue weighted by molar-refractivity contribution is 0.0147. The summed E-state index contributed by atoms with van der Waals surface area (Å²) in [5.41, 5.74) is 0.115. The van der Waals surface area contributed by atoms with Crippen molar-refractivity contribution in [3.8, 4) is 5.75 Å². The van der Waals surface area contributed by atoms with E-state index in [0.29, 0.717) is 29.7 Å².